The first-order valence-corrected chi connectivity index (χ1v) is 14.9. The van der Waals surface area contributed by atoms with Gasteiger partial charge in [0.1, 0.15) is 10.4 Å². The summed E-state index contributed by atoms with van der Waals surface area (Å²) in [5.41, 5.74) is 2.24. The first-order valence-electron chi connectivity index (χ1n) is 14.1. The number of likely N-dealkylation sites (tertiary alicyclic amines) is 1. The third kappa shape index (κ3) is 7.20. The molecule has 0 bridgehead atoms. The number of rotatable bonds is 9. The molecule has 2 N–H and O–H groups in total. The fourth-order valence-electron chi connectivity index (χ4n) is 4.83. The van der Waals surface area contributed by atoms with Gasteiger partial charge in [0.05, 0.1) is 59.3 Å². The summed E-state index contributed by atoms with van der Waals surface area (Å²) in [6.07, 6.45) is 9.90. The first-order chi connectivity index (χ1) is 20.5. The molecule has 1 fully saturated rings. The predicted molar refractivity (Wildman–Crippen MR) is 162 cm³/mol. The normalized spacial score (nSPS) is 15.2. The van der Waals surface area contributed by atoms with Gasteiger partial charge in [-0.25, -0.2) is 9.31 Å². The molecule has 4 aromatic heterocycles. The largest absolute Gasteiger partial charge is 0.444 e. The molecule has 14 heteroatoms. The van der Waals surface area contributed by atoms with Crippen LogP contribution < -0.4 is 10.6 Å². The summed E-state index contributed by atoms with van der Waals surface area (Å²) in [6, 6.07) is 1.43. The van der Waals surface area contributed by atoms with Gasteiger partial charge in [-0.15, -0.1) is 11.3 Å². The molecule has 1 aliphatic heterocycles. The Morgan fingerprint density at radius 2 is 1.93 bits per heavy atom. The van der Waals surface area contributed by atoms with E-state index < -0.39 is 11.7 Å². The minimum Gasteiger partial charge on any atom is -0.444 e. The molecular weight excluding hydrogens is 572 g/mol. The van der Waals surface area contributed by atoms with Crippen LogP contribution in [0, 0.1) is 6.92 Å². The number of fused-ring (bicyclic) bond motifs is 1. The summed E-state index contributed by atoms with van der Waals surface area (Å²) in [7, 11) is 1.65. The number of amides is 3. The van der Waals surface area contributed by atoms with Crippen LogP contribution in [0.25, 0.3) is 15.3 Å². The lowest BCUT2D eigenvalue weighted by molar-refractivity contribution is -0.117. The Labute approximate surface area is 253 Å². The predicted octanol–water partition coefficient (Wildman–Crippen LogP) is 4.59. The maximum Gasteiger partial charge on any atom is 0.410 e. The monoisotopic (exact) mass is 608 g/mol. The smallest absolute Gasteiger partial charge is 0.410 e. The van der Waals surface area contributed by atoms with Crippen molar-refractivity contribution in [1.82, 2.24) is 29.3 Å². The van der Waals surface area contributed by atoms with Crippen LogP contribution in [0.5, 0.6) is 0 Å². The van der Waals surface area contributed by atoms with Crippen molar-refractivity contribution in [3.63, 3.8) is 0 Å². The average molecular weight is 609 g/mol. The van der Waals surface area contributed by atoms with Crippen LogP contribution in [0.4, 0.5) is 16.2 Å². The third-order valence-electron chi connectivity index (χ3n) is 6.93. The van der Waals surface area contributed by atoms with Gasteiger partial charge in [0, 0.05) is 44.1 Å². The van der Waals surface area contributed by atoms with E-state index >= 15 is 0 Å². The van der Waals surface area contributed by atoms with Crippen molar-refractivity contribution in [3.8, 4) is 10.4 Å². The Bertz CT molecular complexity index is 1630. The number of nitrogens with one attached hydrogen (secondary N) is 2. The Morgan fingerprint density at radius 1 is 1.12 bits per heavy atom. The van der Waals surface area contributed by atoms with Gasteiger partial charge in [0.2, 0.25) is 5.91 Å². The first kappa shape index (κ1) is 30.2. The fraction of sp³-hybridized carbons (Fsp3) is 0.448. The zero-order valence-electron chi connectivity index (χ0n) is 24.9. The van der Waals surface area contributed by atoms with Crippen LogP contribution in [-0.2, 0) is 20.8 Å². The number of anilines is 2. The van der Waals surface area contributed by atoms with E-state index in [1.807, 2.05) is 33.2 Å². The van der Waals surface area contributed by atoms with E-state index in [0.29, 0.717) is 47.2 Å². The molecule has 1 aliphatic rings. The van der Waals surface area contributed by atoms with Crippen LogP contribution in [0.3, 0.4) is 0 Å². The number of hydrogen-bond donors (Lipinski definition) is 2. The minimum atomic E-state index is -0.607. The molecule has 0 aromatic carbocycles. The molecule has 0 spiro atoms. The van der Waals surface area contributed by atoms with Crippen molar-refractivity contribution < 1.29 is 23.9 Å². The molecule has 13 nitrogen and oxygen atoms in total. The molecule has 0 radical (unpaired) electrons. The number of nitrogens with zero attached hydrogens (tertiary/aromatic N) is 6. The number of ether oxygens (including phenoxy) is 2. The van der Waals surface area contributed by atoms with E-state index in [9.17, 15) is 14.4 Å². The number of pyridine rings is 1. The Hall–Kier alpha value is -4.30. The van der Waals surface area contributed by atoms with E-state index in [-0.39, 0.29) is 24.3 Å². The Morgan fingerprint density at radius 3 is 2.70 bits per heavy atom. The zero-order valence-corrected chi connectivity index (χ0v) is 25.7. The Kier molecular flexibility index (Phi) is 8.78. The molecule has 0 aliphatic carbocycles. The van der Waals surface area contributed by atoms with Crippen molar-refractivity contribution in [2.75, 3.05) is 30.9 Å². The standard InChI is InChI=1S/C29H36N8O5S/c1-18-23(11-20(14-30-18)33-25(38)12-21-7-6-8-36(21)28(40)42-29(2,3)4)34-26(39)22-15-32-37-17-24(43-27(22)37)19-13-31-35(16-19)9-10-41-5/h11,13-17,21H,6-10,12H2,1-5H3,(H,33,38)(H,34,39)/t21-/m1/s1. The van der Waals surface area contributed by atoms with Crippen LogP contribution in [0.2, 0.25) is 0 Å². The summed E-state index contributed by atoms with van der Waals surface area (Å²) < 4.78 is 14.1. The van der Waals surface area contributed by atoms with Gasteiger partial charge in [-0.3, -0.25) is 19.3 Å². The topological polar surface area (TPSA) is 145 Å². The van der Waals surface area contributed by atoms with Crippen molar-refractivity contribution in [1.29, 1.82) is 0 Å². The SMILES string of the molecule is COCCn1cc(-c2cn3ncc(C(=O)Nc4cc(NC(=O)C[C@H]5CCCN5C(=O)OC(C)(C)C)cnc4C)c3s2)cn1. The molecule has 0 saturated carbocycles. The highest BCUT2D eigenvalue weighted by Gasteiger charge is 2.33. The van der Waals surface area contributed by atoms with Crippen LogP contribution >= 0.6 is 11.3 Å². The lowest BCUT2D eigenvalue weighted by atomic mass is 10.1. The highest BCUT2D eigenvalue weighted by atomic mass is 32.1. The molecule has 1 saturated heterocycles. The fourth-order valence-corrected chi connectivity index (χ4v) is 5.86. The van der Waals surface area contributed by atoms with Gasteiger partial charge in [-0.1, -0.05) is 0 Å². The lowest BCUT2D eigenvalue weighted by Crippen LogP contribution is -2.41. The van der Waals surface area contributed by atoms with Crippen LogP contribution in [0.15, 0.2) is 37.1 Å². The van der Waals surface area contributed by atoms with Gasteiger partial charge in [0.25, 0.3) is 5.91 Å². The second-order valence-corrected chi connectivity index (χ2v) is 12.5. The number of aromatic nitrogens is 5. The summed E-state index contributed by atoms with van der Waals surface area (Å²) in [6.45, 7) is 8.99. The number of methoxy groups -OCH3 is 1. The molecule has 3 amide bonds. The maximum atomic E-state index is 13.3. The summed E-state index contributed by atoms with van der Waals surface area (Å²) in [4.78, 5) is 46.4. The summed E-state index contributed by atoms with van der Waals surface area (Å²) in [5, 5.41) is 14.5. The van der Waals surface area contributed by atoms with Gasteiger partial charge >= 0.3 is 6.09 Å². The van der Waals surface area contributed by atoms with Crippen molar-refractivity contribution >= 4 is 45.4 Å². The molecule has 5 rings (SSSR count). The number of carbonyl (C=O) groups excluding carboxylic acids is 3. The van der Waals surface area contributed by atoms with Crippen molar-refractivity contribution in [2.45, 2.75) is 65.1 Å². The molecular formula is C29H36N8O5S. The van der Waals surface area contributed by atoms with Gasteiger partial charge < -0.3 is 25.0 Å². The number of aryl methyl sites for hydroxylation is 1. The second-order valence-electron chi connectivity index (χ2n) is 11.4. The molecule has 228 valence electrons. The minimum absolute atomic E-state index is 0.134. The van der Waals surface area contributed by atoms with Gasteiger partial charge in [0.15, 0.2) is 0 Å². The number of hydrogen-bond acceptors (Lipinski definition) is 9. The number of thiazole rings is 1. The van der Waals surface area contributed by atoms with E-state index in [2.05, 4.69) is 25.8 Å². The van der Waals surface area contributed by atoms with E-state index in [0.717, 1.165) is 23.3 Å². The Balaban J connectivity index is 1.24. The third-order valence-corrected chi connectivity index (χ3v) is 8.09. The van der Waals surface area contributed by atoms with Gasteiger partial charge in [-0.05, 0) is 46.6 Å². The summed E-state index contributed by atoms with van der Waals surface area (Å²) in [5.74, 6) is -0.593. The van der Waals surface area contributed by atoms with Crippen LogP contribution in [0.1, 0.15) is 56.1 Å². The zero-order chi connectivity index (χ0) is 30.7. The molecule has 0 unspecified atom stereocenters. The second kappa shape index (κ2) is 12.5. The average Bonchev–Trinajstić information content (AvgIpc) is 3.72. The maximum absolute atomic E-state index is 13.3. The quantitative estimate of drug-likeness (QED) is 0.281. The van der Waals surface area contributed by atoms with E-state index in [4.69, 9.17) is 9.47 Å². The van der Waals surface area contributed by atoms with Crippen molar-refractivity contribution in [3.05, 3.63) is 48.3 Å². The van der Waals surface area contributed by atoms with Gasteiger partial charge in [-0.2, -0.15) is 10.2 Å². The molecule has 5 heterocycles. The lowest BCUT2D eigenvalue weighted by Gasteiger charge is -2.28. The number of carbonyl (C=O) groups is 3. The van der Waals surface area contributed by atoms with E-state index in [1.54, 1.807) is 46.6 Å². The molecule has 1 atom stereocenters. The van der Waals surface area contributed by atoms with E-state index in [1.165, 1.54) is 17.5 Å². The molecule has 4 aromatic rings. The molecule has 43 heavy (non-hydrogen) atoms. The highest BCUT2D eigenvalue weighted by molar-refractivity contribution is 7.21. The highest BCUT2D eigenvalue weighted by Crippen LogP contribution is 2.31. The van der Waals surface area contributed by atoms with Crippen molar-refractivity contribution in [2.24, 2.45) is 0 Å². The summed E-state index contributed by atoms with van der Waals surface area (Å²) >= 11 is 1.44. The van der Waals surface area contributed by atoms with Crippen LogP contribution in [-0.4, -0.2) is 79.1 Å².